The number of nitrogens with zero attached hydrogens (tertiary/aromatic N) is 3. The van der Waals surface area contributed by atoms with E-state index in [9.17, 15) is 4.79 Å². The molecular weight excluding hydrogens is 469 g/mol. The van der Waals surface area contributed by atoms with Gasteiger partial charge < -0.3 is 20.3 Å². The molecule has 7 nitrogen and oxygen atoms in total. The molecule has 2 aromatic rings. The maximum atomic E-state index is 11.6. The van der Waals surface area contributed by atoms with E-state index in [1.807, 2.05) is 49.4 Å². The third-order valence-corrected chi connectivity index (χ3v) is 3.69. The number of guanidine groups is 1. The molecule has 0 aliphatic rings. The number of hydrogen-bond donors (Lipinski definition) is 2. The number of nitrogens with one attached hydrogen (secondary N) is 2. The highest BCUT2D eigenvalue weighted by molar-refractivity contribution is 14.0. The molecule has 0 fully saturated rings. The number of amides is 1. The molecule has 0 spiro atoms. The monoisotopic (exact) mass is 497 g/mol. The SMILES string of the molecule is CCNC(=NCc1cccc(OCC(=O)N(C)C)c1)NCc1ccccn1.I. The smallest absolute Gasteiger partial charge is 0.259 e. The number of aromatic nitrogens is 1. The number of rotatable bonds is 8. The van der Waals surface area contributed by atoms with Gasteiger partial charge in [-0.25, -0.2) is 4.99 Å². The first-order valence-electron chi connectivity index (χ1n) is 8.92. The van der Waals surface area contributed by atoms with Crippen LogP contribution in [0.15, 0.2) is 53.7 Å². The number of benzene rings is 1. The number of aliphatic imine (C=N–C) groups is 1. The average Bonchev–Trinajstić information content (AvgIpc) is 2.69. The molecule has 0 unspecified atom stereocenters. The Morgan fingerprint density at radius 2 is 2.00 bits per heavy atom. The molecule has 0 saturated carbocycles. The molecule has 2 rings (SSSR count). The Balaban J connectivity index is 0.00000392. The average molecular weight is 497 g/mol. The summed E-state index contributed by atoms with van der Waals surface area (Å²) in [5.41, 5.74) is 1.95. The first-order chi connectivity index (χ1) is 13.1. The number of likely N-dealkylation sites (N-methyl/N-ethyl adjacent to an activating group) is 1. The molecule has 2 N–H and O–H groups in total. The molecule has 1 aromatic carbocycles. The fraction of sp³-hybridized carbons (Fsp3) is 0.350. The molecule has 1 aromatic heterocycles. The number of hydrogen-bond acceptors (Lipinski definition) is 4. The molecule has 0 aliphatic heterocycles. The van der Waals surface area contributed by atoms with Crippen molar-refractivity contribution in [3.63, 3.8) is 0 Å². The molecule has 152 valence electrons. The zero-order valence-corrected chi connectivity index (χ0v) is 18.8. The van der Waals surface area contributed by atoms with Crippen molar-refractivity contribution in [2.24, 2.45) is 4.99 Å². The van der Waals surface area contributed by atoms with Crippen molar-refractivity contribution in [3.8, 4) is 5.75 Å². The molecule has 0 atom stereocenters. The van der Waals surface area contributed by atoms with Gasteiger partial charge in [-0.3, -0.25) is 9.78 Å². The fourth-order valence-corrected chi connectivity index (χ4v) is 2.20. The van der Waals surface area contributed by atoms with Crippen LogP contribution in [-0.4, -0.2) is 49.0 Å². The lowest BCUT2D eigenvalue weighted by Gasteiger charge is -2.12. The van der Waals surface area contributed by atoms with E-state index in [1.165, 1.54) is 4.90 Å². The van der Waals surface area contributed by atoms with E-state index in [0.717, 1.165) is 23.8 Å². The number of halogens is 1. The van der Waals surface area contributed by atoms with Crippen LogP contribution in [0.5, 0.6) is 5.75 Å². The third kappa shape index (κ3) is 8.55. The van der Waals surface area contributed by atoms with Crippen LogP contribution in [0, 0.1) is 0 Å². The van der Waals surface area contributed by atoms with Crippen LogP contribution in [0.25, 0.3) is 0 Å². The van der Waals surface area contributed by atoms with E-state index in [4.69, 9.17) is 4.74 Å². The van der Waals surface area contributed by atoms with Crippen LogP contribution in [0.1, 0.15) is 18.2 Å². The van der Waals surface area contributed by atoms with E-state index >= 15 is 0 Å². The van der Waals surface area contributed by atoms with Gasteiger partial charge in [-0.2, -0.15) is 0 Å². The number of pyridine rings is 1. The summed E-state index contributed by atoms with van der Waals surface area (Å²) >= 11 is 0. The first-order valence-corrected chi connectivity index (χ1v) is 8.92. The molecule has 0 radical (unpaired) electrons. The lowest BCUT2D eigenvalue weighted by atomic mass is 10.2. The van der Waals surface area contributed by atoms with Crippen molar-refractivity contribution >= 4 is 35.8 Å². The predicted octanol–water partition coefficient (Wildman–Crippen LogP) is 2.42. The Labute approximate surface area is 183 Å². The Hall–Kier alpha value is -2.36. The van der Waals surface area contributed by atoms with Crippen molar-refractivity contribution in [3.05, 3.63) is 59.9 Å². The Kier molecular flexibility index (Phi) is 10.9. The summed E-state index contributed by atoms with van der Waals surface area (Å²) in [6.45, 7) is 3.91. The van der Waals surface area contributed by atoms with Gasteiger partial charge in [0.25, 0.3) is 5.91 Å². The molecule has 0 bridgehead atoms. The minimum absolute atomic E-state index is 0. The van der Waals surface area contributed by atoms with Crippen molar-refractivity contribution in [1.29, 1.82) is 0 Å². The summed E-state index contributed by atoms with van der Waals surface area (Å²) in [5.74, 6) is 1.30. The maximum Gasteiger partial charge on any atom is 0.259 e. The van der Waals surface area contributed by atoms with Gasteiger partial charge in [-0.05, 0) is 36.8 Å². The number of carbonyl (C=O) groups excluding carboxylic acids is 1. The molecule has 0 aliphatic carbocycles. The zero-order valence-electron chi connectivity index (χ0n) is 16.5. The van der Waals surface area contributed by atoms with Gasteiger partial charge in [-0.1, -0.05) is 18.2 Å². The van der Waals surface area contributed by atoms with Gasteiger partial charge >= 0.3 is 0 Å². The molecule has 28 heavy (non-hydrogen) atoms. The fourth-order valence-electron chi connectivity index (χ4n) is 2.20. The van der Waals surface area contributed by atoms with Gasteiger partial charge in [0, 0.05) is 26.8 Å². The van der Waals surface area contributed by atoms with E-state index in [-0.39, 0.29) is 36.5 Å². The lowest BCUT2D eigenvalue weighted by molar-refractivity contribution is -0.130. The Morgan fingerprint density at radius 1 is 1.18 bits per heavy atom. The summed E-state index contributed by atoms with van der Waals surface area (Å²) in [6, 6.07) is 13.4. The van der Waals surface area contributed by atoms with Gasteiger partial charge in [0.15, 0.2) is 12.6 Å². The van der Waals surface area contributed by atoms with Crippen LogP contribution in [0.4, 0.5) is 0 Å². The number of carbonyl (C=O) groups is 1. The van der Waals surface area contributed by atoms with Crippen LogP contribution in [-0.2, 0) is 17.9 Å². The van der Waals surface area contributed by atoms with Crippen molar-refractivity contribution in [1.82, 2.24) is 20.5 Å². The van der Waals surface area contributed by atoms with Crippen molar-refractivity contribution < 1.29 is 9.53 Å². The molecular formula is C20H28IN5O2. The van der Waals surface area contributed by atoms with E-state index in [2.05, 4.69) is 20.6 Å². The van der Waals surface area contributed by atoms with Gasteiger partial charge in [0.05, 0.1) is 18.8 Å². The van der Waals surface area contributed by atoms with Crippen molar-refractivity contribution in [2.45, 2.75) is 20.0 Å². The number of ether oxygens (including phenoxy) is 1. The van der Waals surface area contributed by atoms with Gasteiger partial charge in [0.1, 0.15) is 5.75 Å². The van der Waals surface area contributed by atoms with Gasteiger partial charge in [0.2, 0.25) is 0 Å². The summed E-state index contributed by atoms with van der Waals surface area (Å²) in [5, 5.41) is 6.49. The zero-order chi connectivity index (χ0) is 19.5. The van der Waals surface area contributed by atoms with Crippen molar-refractivity contribution in [2.75, 3.05) is 27.2 Å². The van der Waals surface area contributed by atoms with Crippen LogP contribution in [0.3, 0.4) is 0 Å². The van der Waals surface area contributed by atoms with Crippen LogP contribution in [0.2, 0.25) is 0 Å². The van der Waals surface area contributed by atoms with E-state index in [0.29, 0.717) is 18.8 Å². The maximum absolute atomic E-state index is 11.6. The molecule has 0 saturated heterocycles. The molecule has 1 amide bonds. The second-order valence-electron chi connectivity index (χ2n) is 6.09. The lowest BCUT2D eigenvalue weighted by Crippen LogP contribution is -2.37. The highest BCUT2D eigenvalue weighted by Gasteiger charge is 2.05. The Morgan fingerprint density at radius 3 is 2.68 bits per heavy atom. The third-order valence-electron chi connectivity index (χ3n) is 3.69. The quantitative estimate of drug-likeness (QED) is 0.333. The highest BCUT2D eigenvalue weighted by Crippen LogP contribution is 2.14. The Bertz CT molecular complexity index is 753. The van der Waals surface area contributed by atoms with Crippen LogP contribution < -0.4 is 15.4 Å². The second-order valence-corrected chi connectivity index (χ2v) is 6.09. The van der Waals surface area contributed by atoms with Crippen LogP contribution >= 0.6 is 24.0 Å². The minimum Gasteiger partial charge on any atom is -0.484 e. The molecule has 8 heteroatoms. The highest BCUT2D eigenvalue weighted by atomic mass is 127. The second kappa shape index (κ2) is 12.9. The summed E-state index contributed by atoms with van der Waals surface area (Å²) in [6.07, 6.45) is 1.77. The first kappa shape index (κ1) is 23.7. The summed E-state index contributed by atoms with van der Waals surface area (Å²) in [4.78, 5) is 22.0. The van der Waals surface area contributed by atoms with E-state index in [1.54, 1.807) is 20.3 Å². The normalized spacial score (nSPS) is 10.6. The minimum atomic E-state index is -0.0772. The summed E-state index contributed by atoms with van der Waals surface area (Å²) < 4.78 is 5.55. The summed E-state index contributed by atoms with van der Waals surface area (Å²) in [7, 11) is 3.41. The van der Waals surface area contributed by atoms with E-state index < -0.39 is 0 Å². The van der Waals surface area contributed by atoms with Gasteiger partial charge in [-0.15, -0.1) is 24.0 Å². The standard InChI is InChI=1S/C20H27N5O2.HI/c1-4-21-20(24-14-17-9-5-6-11-22-17)23-13-16-8-7-10-18(12-16)27-15-19(26)25(2)3;/h5-12H,4,13-15H2,1-3H3,(H2,21,23,24);1H. The largest absolute Gasteiger partial charge is 0.484 e. The predicted molar refractivity (Wildman–Crippen MR) is 122 cm³/mol. The topological polar surface area (TPSA) is 78.9 Å². The molecule has 1 heterocycles.